The number of likely N-dealkylation sites (tertiary alicyclic amines) is 1. The summed E-state index contributed by atoms with van der Waals surface area (Å²) in [7, 11) is 1.69. The van der Waals surface area contributed by atoms with Crippen LogP contribution in [0.5, 0.6) is 5.75 Å². The number of carbonyl (C=O) groups is 1. The molecule has 25 heavy (non-hydrogen) atoms. The smallest absolute Gasteiger partial charge is 0.319 e. The van der Waals surface area contributed by atoms with Crippen LogP contribution in [0.4, 0.5) is 10.5 Å². The van der Waals surface area contributed by atoms with Crippen molar-refractivity contribution in [1.29, 1.82) is 0 Å². The summed E-state index contributed by atoms with van der Waals surface area (Å²) < 4.78 is 5.52. The maximum atomic E-state index is 12.8. The van der Waals surface area contributed by atoms with Gasteiger partial charge in [-0.3, -0.25) is 0 Å². The maximum absolute atomic E-state index is 12.8. The molecule has 1 saturated heterocycles. The monoisotopic (exact) mass is 341 g/mol. The number of methoxy groups -OCH3 is 1. The van der Waals surface area contributed by atoms with Crippen molar-refractivity contribution in [2.75, 3.05) is 19.0 Å². The summed E-state index contributed by atoms with van der Waals surface area (Å²) in [6, 6.07) is 4.46. The molecule has 0 radical (unpaired) electrons. The Morgan fingerprint density at radius 1 is 1.28 bits per heavy atom. The first-order valence-corrected chi connectivity index (χ1v) is 9.39. The minimum atomic E-state index is -0.0632. The molecule has 5 nitrogen and oxygen atoms in total. The molecule has 1 aromatic rings. The first-order chi connectivity index (χ1) is 12.2. The normalized spacial score (nSPS) is 22.6. The number of amides is 2. The van der Waals surface area contributed by atoms with Crippen LogP contribution in [0.15, 0.2) is 17.7 Å². The van der Waals surface area contributed by atoms with Crippen LogP contribution in [0.1, 0.15) is 49.7 Å². The van der Waals surface area contributed by atoms with E-state index < -0.39 is 0 Å². The number of ether oxygens (including phenoxy) is 1. The Balaban J connectivity index is 1.54. The summed E-state index contributed by atoms with van der Waals surface area (Å²) in [6.45, 7) is 2.87. The lowest BCUT2D eigenvalue weighted by Crippen LogP contribution is -2.50. The molecule has 0 spiro atoms. The third-order valence-corrected chi connectivity index (χ3v) is 5.75. The van der Waals surface area contributed by atoms with Crippen LogP contribution in [-0.2, 0) is 0 Å². The molecule has 5 heteroatoms. The fourth-order valence-corrected chi connectivity index (χ4v) is 4.29. The summed E-state index contributed by atoms with van der Waals surface area (Å²) in [6.07, 6.45) is 9.05. The fraction of sp³-hybridized carbons (Fsp3) is 0.550. The molecule has 1 unspecified atom stereocenters. The van der Waals surface area contributed by atoms with Crippen molar-refractivity contribution in [3.8, 4) is 5.75 Å². The Hall–Kier alpha value is -2.17. The van der Waals surface area contributed by atoms with Gasteiger partial charge in [-0.25, -0.2) is 4.79 Å². The molecule has 1 aromatic carbocycles. The van der Waals surface area contributed by atoms with Crippen LogP contribution in [0.2, 0.25) is 0 Å². The van der Waals surface area contributed by atoms with Crippen molar-refractivity contribution in [1.82, 2.24) is 10.2 Å². The Labute approximate surface area is 149 Å². The molecule has 134 valence electrons. The third-order valence-electron chi connectivity index (χ3n) is 5.75. The molecule has 2 heterocycles. The molecule has 0 aromatic heterocycles. The molecule has 1 saturated carbocycles. The molecule has 0 bridgehead atoms. The van der Waals surface area contributed by atoms with Gasteiger partial charge in [-0.2, -0.15) is 0 Å². The number of fused-ring (bicyclic) bond motifs is 2. The molecule has 2 fully saturated rings. The van der Waals surface area contributed by atoms with E-state index in [9.17, 15) is 4.79 Å². The van der Waals surface area contributed by atoms with E-state index in [2.05, 4.69) is 29.7 Å². The van der Waals surface area contributed by atoms with Crippen LogP contribution in [-0.4, -0.2) is 36.8 Å². The zero-order chi connectivity index (χ0) is 17.4. The van der Waals surface area contributed by atoms with Gasteiger partial charge in [0, 0.05) is 18.2 Å². The number of hydrogen-bond acceptors (Lipinski definition) is 3. The second-order valence-electron chi connectivity index (χ2n) is 7.37. The van der Waals surface area contributed by atoms with Crippen molar-refractivity contribution < 1.29 is 9.53 Å². The number of carbonyl (C=O) groups excluding carboxylic acids is 1. The van der Waals surface area contributed by atoms with Gasteiger partial charge in [-0.1, -0.05) is 25.3 Å². The van der Waals surface area contributed by atoms with E-state index in [4.69, 9.17) is 4.74 Å². The number of anilines is 1. The largest absolute Gasteiger partial charge is 0.495 e. The number of urea groups is 1. The number of aryl methyl sites for hydroxylation is 1. The van der Waals surface area contributed by atoms with Gasteiger partial charge >= 0.3 is 6.03 Å². The average molecular weight is 341 g/mol. The molecule has 1 atom stereocenters. The van der Waals surface area contributed by atoms with Crippen molar-refractivity contribution in [2.45, 2.75) is 57.7 Å². The zero-order valence-electron chi connectivity index (χ0n) is 15.1. The van der Waals surface area contributed by atoms with Crippen LogP contribution in [0, 0.1) is 6.92 Å². The van der Waals surface area contributed by atoms with E-state index in [-0.39, 0.29) is 12.2 Å². The van der Waals surface area contributed by atoms with Crippen LogP contribution in [0.3, 0.4) is 0 Å². The quantitative estimate of drug-likeness (QED) is 0.858. The molecule has 2 amide bonds. The number of benzene rings is 1. The third kappa shape index (κ3) is 2.96. The molecule has 3 aliphatic rings. The second-order valence-corrected chi connectivity index (χ2v) is 7.37. The molecule has 2 aliphatic heterocycles. The summed E-state index contributed by atoms with van der Waals surface area (Å²) in [5.41, 5.74) is 4.68. The van der Waals surface area contributed by atoms with E-state index in [0.29, 0.717) is 6.04 Å². The minimum Gasteiger partial charge on any atom is -0.495 e. The number of rotatable bonds is 2. The number of nitrogens with one attached hydrogen (secondary N) is 2. The molecular weight excluding hydrogens is 314 g/mol. The van der Waals surface area contributed by atoms with Crippen molar-refractivity contribution in [3.63, 3.8) is 0 Å². The molecule has 4 rings (SSSR count). The van der Waals surface area contributed by atoms with Gasteiger partial charge < -0.3 is 20.3 Å². The number of nitrogens with zero attached hydrogens (tertiary/aromatic N) is 1. The van der Waals surface area contributed by atoms with Gasteiger partial charge in [-0.15, -0.1) is 0 Å². The summed E-state index contributed by atoms with van der Waals surface area (Å²) in [4.78, 5) is 14.8. The Morgan fingerprint density at radius 3 is 2.84 bits per heavy atom. The van der Waals surface area contributed by atoms with Crippen molar-refractivity contribution >= 4 is 17.8 Å². The highest BCUT2D eigenvalue weighted by Crippen LogP contribution is 2.40. The lowest BCUT2D eigenvalue weighted by Gasteiger charge is -2.33. The Bertz CT molecular complexity index is 707. The Morgan fingerprint density at radius 2 is 2.08 bits per heavy atom. The highest BCUT2D eigenvalue weighted by molar-refractivity contribution is 5.83. The summed E-state index contributed by atoms with van der Waals surface area (Å²) in [5, 5.41) is 6.81. The van der Waals surface area contributed by atoms with Gasteiger partial charge in [0.15, 0.2) is 0 Å². The highest BCUT2D eigenvalue weighted by atomic mass is 16.5. The predicted octanol–water partition coefficient (Wildman–Crippen LogP) is 3.89. The van der Waals surface area contributed by atoms with Crippen LogP contribution >= 0.6 is 0 Å². The SMILES string of the molecule is COc1ccc(C)c2c1NC1C(=C2)CCN1C(=O)NC1CCCCC1. The van der Waals surface area contributed by atoms with Gasteiger partial charge in [-0.05, 0) is 49.5 Å². The van der Waals surface area contributed by atoms with Gasteiger partial charge in [0.2, 0.25) is 0 Å². The average Bonchev–Trinajstić information content (AvgIpc) is 3.05. The Kier molecular flexibility index (Phi) is 4.32. The highest BCUT2D eigenvalue weighted by Gasteiger charge is 2.37. The van der Waals surface area contributed by atoms with E-state index >= 15 is 0 Å². The molecular formula is C20H27N3O2. The summed E-state index contributed by atoms with van der Waals surface area (Å²) >= 11 is 0. The molecule has 2 N–H and O–H groups in total. The van der Waals surface area contributed by atoms with E-state index in [1.54, 1.807) is 7.11 Å². The van der Waals surface area contributed by atoms with E-state index in [1.165, 1.54) is 36.0 Å². The second kappa shape index (κ2) is 6.62. The first-order valence-electron chi connectivity index (χ1n) is 9.39. The minimum absolute atomic E-state index is 0.0582. The van der Waals surface area contributed by atoms with Gasteiger partial charge in [0.25, 0.3) is 0 Å². The lowest BCUT2D eigenvalue weighted by atomic mass is 9.96. The standard InChI is InChI=1S/C20H27N3O2/c1-13-8-9-17(25-2)18-16(13)12-14-10-11-23(19(14)22-18)20(24)21-15-6-4-3-5-7-15/h8-9,12,15,19,22H,3-7,10-11H2,1-2H3,(H,21,24). The van der Waals surface area contributed by atoms with Gasteiger partial charge in [0.1, 0.15) is 11.9 Å². The van der Waals surface area contributed by atoms with E-state index in [0.717, 1.165) is 37.2 Å². The zero-order valence-corrected chi connectivity index (χ0v) is 15.1. The topological polar surface area (TPSA) is 53.6 Å². The number of hydrogen-bond donors (Lipinski definition) is 2. The fourth-order valence-electron chi connectivity index (χ4n) is 4.29. The van der Waals surface area contributed by atoms with Crippen LogP contribution < -0.4 is 15.4 Å². The van der Waals surface area contributed by atoms with Gasteiger partial charge in [0.05, 0.1) is 12.8 Å². The van der Waals surface area contributed by atoms with E-state index in [1.807, 2.05) is 11.0 Å². The van der Waals surface area contributed by atoms with Crippen LogP contribution in [0.25, 0.3) is 6.08 Å². The lowest BCUT2D eigenvalue weighted by molar-refractivity contribution is 0.192. The van der Waals surface area contributed by atoms with Crippen molar-refractivity contribution in [3.05, 3.63) is 28.8 Å². The summed E-state index contributed by atoms with van der Waals surface area (Å²) in [5.74, 6) is 0.829. The first kappa shape index (κ1) is 16.3. The molecule has 1 aliphatic carbocycles. The predicted molar refractivity (Wildman–Crippen MR) is 99.8 cm³/mol. The maximum Gasteiger partial charge on any atom is 0.319 e. The van der Waals surface area contributed by atoms with Crippen molar-refractivity contribution in [2.24, 2.45) is 0 Å².